The summed E-state index contributed by atoms with van der Waals surface area (Å²) in [4.78, 5) is 24.6. The van der Waals surface area contributed by atoms with E-state index in [1.807, 2.05) is 0 Å². The topological polar surface area (TPSA) is 95.9 Å². The van der Waals surface area contributed by atoms with Gasteiger partial charge in [-0.2, -0.15) is 0 Å². The quantitative estimate of drug-likeness (QED) is 0.0320. The predicted octanol–water partition coefficient (Wildman–Crippen LogP) is 24.7. The number of nitrogens with one attached hydrogen (secondary N) is 1. The maximum absolute atomic E-state index is 12.6. The summed E-state index contributed by atoms with van der Waals surface area (Å²) >= 11 is 0. The van der Waals surface area contributed by atoms with Crippen LogP contribution in [0.2, 0.25) is 0 Å². The average Bonchev–Trinajstić information content (AvgIpc) is 3.48. The first-order valence-electron chi connectivity index (χ1n) is 37.9. The Morgan fingerprint density at radius 2 is 0.573 bits per heavy atom. The summed E-state index contributed by atoms with van der Waals surface area (Å²) in [6.07, 6.45) is 90.0. The molecule has 0 rings (SSSR count). The largest absolute Gasteiger partial charge is 0.466 e. The molecule has 6 heteroatoms. The Bertz CT molecular complexity index is 1240. The van der Waals surface area contributed by atoms with Crippen LogP contribution in [0.3, 0.4) is 0 Å². The number of amides is 1. The van der Waals surface area contributed by atoms with Crippen LogP contribution < -0.4 is 5.32 Å². The van der Waals surface area contributed by atoms with E-state index in [4.69, 9.17) is 4.74 Å². The molecule has 0 aromatic rings. The van der Waals surface area contributed by atoms with E-state index >= 15 is 0 Å². The number of aliphatic hydroxyl groups is 2. The molecule has 82 heavy (non-hydrogen) atoms. The van der Waals surface area contributed by atoms with Crippen LogP contribution in [0.25, 0.3) is 0 Å². The molecule has 0 heterocycles. The zero-order valence-corrected chi connectivity index (χ0v) is 56.0. The maximum Gasteiger partial charge on any atom is 0.305 e. The smallest absolute Gasteiger partial charge is 0.305 e. The summed E-state index contributed by atoms with van der Waals surface area (Å²) in [5.74, 6) is -0.0105. The molecule has 2 unspecified atom stereocenters. The van der Waals surface area contributed by atoms with E-state index in [-0.39, 0.29) is 18.5 Å². The van der Waals surface area contributed by atoms with Gasteiger partial charge in [0.2, 0.25) is 5.91 Å². The van der Waals surface area contributed by atoms with Crippen LogP contribution in [-0.2, 0) is 14.3 Å². The second-order valence-electron chi connectivity index (χ2n) is 26.3. The molecule has 0 aliphatic rings. The van der Waals surface area contributed by atoms with Gasteiger partial charge in [-0.05, 0) is 51.4 Å². The van der Waals surface area contributed by atoms with Crippen LogP contribution >= 0.6 is 0 Å². The molecular formula is C76H149NO5. The lowest BCUT2D eigenvalue weighted by Crippen LogP contribution is -2.45. The van der Waals surface area contributed by atoms with Crippen LogP contribution in [0.15, 0.2) is 12.2 Å². The van der Waals surface area contributed by atoms with Gasteiger partial charge >= 0.3 is 5.97 Å². The molecule has 0 aliphatic heterocycles. The zero-order chi connectivity index (χ0) is 59.2. The third kappa shape index (κ3) is 67.7. The van der Waals surface area contributed by atoms with Crippen molar-refractivity contribution in [1.82, 2.24) is 5.32 Å². The van der Waals surface area contributed by atoms with Crippen LogP contribution in [0.4, 0.5) is 0 Å². The second kappa shape index (κ2) is 72.1. The fourth-order valence-corrected chi connectivity index (χ4v) is 12.3. The summed E-state index contributed by atoms with van der Waals surface area (Å²) in [5, 5.41) is 23.5. The van der Waals surface area contributed by atoms with E-state index in [1.54, 1.807) is 0 Å². The summed E-state index contributed by atoms with van der Waals surface area (Å²) < 4.78 is 5.49. The van der Waals surface area contributed by atoms with Crippen molar-refractivity contribution < 1.29 is 24.5 Å². The van der Waals surface area contributed by atoms with Crippen molar-refractivity contribution in [3.8, 4) is 0 Å². The summed E-state index contributed by atoms with van der Waals surface area (Å²) in [7, 11) is 0. The van der Waals surface area contributed by atoms with Crippen molar-refractivity contribution in [2.45, 2.75) is 450 Å². The number of unbranched alkanes of at least 4 members (excludes halogenated alkanes) is 59. The highest BCUT2D eigenvalue weighted by Gasteiger charge is 2.20. The zero-order valence-electron chi connectivity index (χ0n) is 56.0. The number of hydrogen-bond acceptors (Lipinski definition) is 5. The number of rotatable bonds is 72. The van der Waals surface area contributed by atoms with E-state index in [0.29, 0.717) is 25.9 Å². The van der Waals surface area contributed by atoms with Gasteiger partial charge in [-0.1, -0.05) is 386 Å². The second-order valence-corrected chi connectivity index (χ2v) is 26.3. The van der Waals surface area contributed by atoms with Gasteiger partial charge in [-0.3, -0.25) is 9.59 Å². The van der Waals surface area contributed by atoms with Crippen molar-refractivity contribution in [3.63, 3.8) is 0 Å². The highest BCUT2D eigenvalue weighted by molar-refractivity contribution is 5.76. The highest BCUT2D eigenvalue weighted by Crippen LogP contribution is 2.20. The van der Waals surface area contributed by atoms with Crippen molar-refractivity contribution in [1.29, 1.82) is 0 Å². The minimum atomic E-state index is -0.665. The molecular weight excluding hydrogens is 1010 g/mol. The normalized spacial score (nSPS) is 12.5. The first-order chi connectivity index (χ1) is 40.5. The molecule has 0 aromatic heterocycles. The Kier molecular flexibility index (Phi) is 70.8. The van der Waals surface area contributed by atoms with Gasteiger partial charge in [0.1, 0.15) is 0 Å². The number of hydrogen-bond donors (Lipinski definition) is 3. The lowest BCUT2D eigenvalue weighted by atomic mass is 10.0. The van der Waals surface area contributed by atoms with Crippen molar-refractivity contribution in [2.75, 3.05) is 13.2 Å². The average molecular weight is 1160 g/mol. The molecule has 3 N–H and O–H groups in total. The van der Waals surface area contributed by atoms with Crippen LogP contribution in [0, 0.1) is 0 Å². The number of aliphatic hydroxyl groups excluding tert-OH is 2. The lowest BCUT2D eigenvalue weighted by Gasteiger charge is -2.22. The lowest BCUT2D eigenvalue weighted by molar-refractivity contribution is -0.143. The van der Waals surface area contributed by atoms with Crippen molar-refractivity contribution in [3.05, 3.63) is 12.2 Å². The van der Waals surface area contributed by atoms with Crippen LogP contribution in [0.1, 0.15) is 438 Å². The van der Waals surface area contributed by atoms with Gasteiger partial charge in [-0.15, -0.1) is 0 Å². The summed E-state index contributed by atoms with van der Waals surface area (Å²) in [6, 6.07) is -0.542. The van der Waals surface area contributed by atoms with Crippen LogP contribution in [0.5, 0.6) is 0 Å². The SMILES string of the molecule is CCCCCCCCCCCCCCCCCCCCCCCCCCC(O)C(CO)NC(=O)CCCCCCCCCCCCCC/C=C\CCCCCCCCCCCCCCOC(=O)CCCCCCCCCCCCCCC. The fourth-order valence-electron chi connectivity index (χ4n) is 12.3. The van der Waals surface area contributed by atoms with E-state index in [0.717, 1.165) is 38.5 Å². The molecule has 2 atom stereocenters. The molecule has 0 aromatic carbocycles. The Morgan fingerprint density at radius 1 is 0.329 bits per heavy atom. The van der Waals surface area contributed by atoms with Gasteiger partial charge in [0.25, 0.3) is 0 Å². The van der Waals surface area contributed by atoms with Gasteiger partial charge in [0, 0.05) is 12.8 Å². The molecule has 1 amide bonds. The van der Waals surface area contributed by atoms with Gasteiger partial charge in [0.05, 0.1) is 25.4 Å². The first kappa shape index (κ1) is 80.6. The Balaban J connectivity index is 3.37. The standard InChI is InChI=1S/C76H149NO5/c1-3-5-7-9-11-13-15-17-18-19-20-21-22-29-32-35-38-41-45-48-52-56-60-64-68-74(79)73(72-78)77-75(80)69-65-61-57-53-49-46-42-39-36-33-30-27-25-23-24-26-28-31-34-37-40-43-47-51-55-59-63-67-71-82-76(81)70-66-62-58-54-50-44-16-14-12-10-8-6-4-2/h23-24,73-74,78-79H,3-22,25-72H2,1-2H3,(H,77,80)/b24-23-. The first-order valence-corrected chi connectivity index (χ1v) is 37.9. The highest BCUT2D eigenvalue weighted by atomic mass is 16.5. The predicted molar refractivity (Wildman–Crippen MR) is 361 cm³/mol. The van der Waals surface area contributed by atoms with Gasteiger partial charge in [0.15, 0.2) is 0 Å². The van der Waals surface area contributed by atoms with E-state index in [1.165, 1.54) is 366 Å². The Hall–Kier alpha value is -1.40. The van der Waals surface area contributed by atoms with E-state index in [9.17, 15) is 19.8 Å². The van der Waals surface area contributed by atoms with Gasteiger partial charge in [-0.25, -0.2) is 0 Å². The molecule has 6 nitrogen and oxygen atoms in total. The molecule has 0 aliphatic carbocycles. The third-order valence-electron chi connectivity index (χ3n) is 18.1. The summed E-state index contributed by atoms with van der Waals surface area (Å²) in [5.41, 5.74) is 0. The fraction of sp³-hybridized carbons (Fsp3) is 0.947. The molecule has 0 saturated carbocycles. The number of allylic oxidation sites excluding steroid dienone is 2. The van der Waals surface area contributed by atoms with E-state index in [2.05, 4.69) is 31.3 Å². The molecule has 0 radical (unpaired) electrons. The number of ether oxygens (including phenoxy) is 1. The van der Waals surface area contributed by atoms with E-state index < -0.39 is 12.1 Å². The minimum Gasteiger partial charge on any atom is -0.466 e. The number of carbonyl (C=O) groups excluding carboxylic acids is 2. The van der Waals surface area contributed by atoms with Crippen molar-refractivity contribution >= 4 is 11.9 Å². The Morgan fingerprint density at radius 3 is 0.866 bits per heavy atom. The number of carbonyl (C=O) groups is 2. The van der Waals surface area contributed by atoms with Gasteiger partial charge < -0.3 is 20.3 Å². The molecule has 488 valence electrons. The monoisotopic (exact) mass is 1160 g/mol. The summed E-state index contributed by atoms with van der Waals surface area (Å²) in [6.45, 7) is 5.00. The Labute approximate surface area is 514 Å². The molecule has 0 saturated heterocycles. The maximum atomic E-state index is 12.6. The molecule has 0 bridgehead atoms. The minimum absolute atomic E-state index is 0.0186. The number of esters is 1. The van der Waals surface area contributed by atoms with Crippen molar-refractivity contribution in [2.24, 2.45) is 0 Å². The molecule has 0 spiro atoms. The molecule has 0 fully saturated rings. The van der Waals surface area contributed by atoms with Crippen LogP contribution in [-0.4, -0.2) is 47.4 Å². The third-order valence-corrected chi connectivity index (χ3v) is 18.1.